The quantitative estimate of drug-likeness (QED) is 0.509. The van der Waals surface area contributed by atoms with Gasteiger partial charge in [0.2, 0.25) is 0 Å². The Hall–Kier alpha value is -2.27. The van der Waals surface area contributed by atoms with Crippen molar-refractivity contribution in [1.29, 1.82) is 0 Å². The van der Waals surface area contributed by atoms with Crippen LogP contribution in [-0.4, -0.2) is 28.8 Å². The minimum atomic E-state index is 0.358. The van der Waals surface area contributed by atoms with Crippen molar-refractivity contribution in [3.05, 3.63) is 53.2 Å². The Morgan fingerprint density at radius 3 is 2.70 bits per heavy atom. The number of nitrogens with zero attached hydrogens (tertiary/aromatic N) is 3. The molecule has 0 N–H and O–H groups in total. The van der Waals surface area contributed by atoms with Gasteiger partial charge in [0.15, 0.2) is 0 Å². The number of ketones is 1. The fraction of sp³-hybridized carbons (Fsp3) is 0.480. The molecule has 1 saturated carbocycles. The molecule has 1 aliphatic carbocycles. The van der Waals surface area contributed by atoms with Gasteiger partial charge in [-0.25, -0.2) is 9.97 Å². The molecule has 2 fully saturated rings. The molecule has 3 aromatic rings. The third-order valence-electron chi connectivity index (χ3n) is 6.78. The van der Waals surface area contributed by atoms with Crippen LogP contribution in [0, 0.1) is 5.92 Å². The first kappa shape index (κ1) is 19.7. The van der Waals surface area contributed by atoms with Crippen LogP contribution in [0.1, 0.15) is 62.0 Å². The van der Waals surface area contributed by atoms with E-state index < -0.39 is 0 Å². The highest BCUT2D eigenvalue weighted by atomic mass is 32.1. The van der Waals surface area contributed by atoms with Gasteiger partial charge in [-0.1, -0.05) is 43.5 Å². The monoisotopic (exact) mass is 419 g/mol. The fourth-order valence-corrected chi connectivity index (χ4v) is 6.02. The third kappa shape index (κ3) is 4.27. The molecular formula is C25H29N3OS. The maximum atomic E-state index is 12.7. The first-order chi connectivity index (χ1) is 14.8. The average Bonchev–Trinajstić information content (AvgIpc) is 3.44. The van der Waals surface area contributed by atoms with Gasteiger partial charge in [0.05, 0.1) is 10.2 Å². The van der Waals surface area contributed by atoms with Crippen LogP contribution in [-0.2, 0) is 11.2 Å². The van der Waals surface area contributed by atoms with E-state index in [1.807, 2.05) is 6.07 Å². The summed E-state index contributed by atoms with van der Waals surface area (Å²) in [6.45, 7) is 1.88. The van der Waals surface area contributed by atoms with Gasteiger partial charge in [-0.15, -0.1) is 11.3 Å². The van der Waals surface area contributed by atoms with Crippen LogP contribution < -0.4 is 4.90 Å². The maximum Gasteiger partial charge on any atom is 0.150 e. The highest BCUT2D eigenvalue weighted by Crippen LogP contribution is 2.34. The Balaban J connectivity index is 1.16. The van der Waals surface area contributed by atoms with Crippen molar-refractivity contribution in [2.45, 2.75) is 57.3 Å². The molecule has 1 atom stereocenters. The number of hydrogen-bond donors (Lipinski definition) is 0. The summed E-state index contributed by atoms with van der Waals surface area (Å²) in [5, 5.41) is 2.07. The van der Waals surface area contributed by atoms with E-state index in [9.17, 15) is 4.79 Å². The van der Waals surface area contributed by atoms with Crippen molar-refractivity contribution in [1.82, 2.24) is 9.97 Å². The van der Waals surface area contributed by atoms with Crippen molar-refractivity contribution < 1.29 is 4.79 Å². The van der Waals surface area contributed by atoms with E-state index in [1.54, 1.807) is 17.7 Å². The number of carbonyl (C=O) groups excluding carboxylic acids is 1. The van der Waals surface area contributed by atoms with Crippen molar-refractivity contribution in [3.63, 3.8) is 0 Å². The van der Waals surface area contributed by atoms with Crippen molar-refractivity contribution >= 4 is 33.2 Å². The average molecular weight is 420 g/mol. The predicted octanol–water partition coefficient (Wildman–Crippen LogP) is 5.77. The molecule has 1 aromatic carbocycles. The van der Waals surface area contributed by atoms with Gasteiger partial charge >= 0.3 is 0 Å². The SMILES string of the molecule is O=C(Cc1ccc(C2CCCCC2)cc1)CC1CCN(c2ncnc3ccsc23)C1. The van der Waals surface area contributed by atoms with Crippen LogP contribution in [0.5, 0.6) is 0 Å². The summed E-state index contributed by atoms with van der Waals surface area (Å²) in [4.78, 5) is 23.9. The normalized spacial score (nSPS) is 20.1. The number of Topliss-reactive ketones (excluding diaryl/α,β-unsaturated/α-hetero) is 1. The summed E-state index contributed by atoms with van der Waals surface area (Å²) >= 11 is 1.70. The summed E-state index contributed by atoms with van der Waals surface area (Å²) in [5.41, 5.74) is 3.63. The molecular weight excluding hydrogens is 390 g/mol. The Labute approximate surface area is 182 Å². The fourth-order valence-electron chi connectivity index (χ4n) is 5.16. The van der Waals surface area contributed by atoms with E-state index in [-0.39, 0.29) is 0 Å². The zero-order chi connectivity index (χ0) is 20.3. The Morgan fingerprint density at radius 1 is 1.03 bits per heavy atom. The molecule has 0 bridgehead atoms. The molecule has 2 aromatic heterocycles. The Kier molecular flexibility index (Phi) is 5.80. The summed E-state index contributed by atoms with van der Waals surface area (Å²) in [7, 11) is 0. The van der Waals surface area contributed by atoms with Crippen LogP contribution in [0.4, 0.5) is 5.82 Å². The van der Waals surface area contributed by atoms with Gasteiger partial charge in [-0.3, -0.25) is 4.79 Å². The van der Waals surface area contributed by atoms with Gasteiger partial charge < -0.3 is 4.90 Å². The standard InChI is InChI=1S/C25H29N3OS/c29-22(14-18-6-8-21(9-7-18)20-4-2-1-3-5-20)15-19-10-12-28(16-19)25-24-23(11-13-30-24)26-17-27-25/h6-9,11,13,17,19-20H,1-5,10,12,14-16H2. The second-order valence-corrected chi connectivity index (χ2v) is 9.85. The number of hydrogen-bond acceptors (Lipinski definition) is 5. The van der Waals surface area contributed by atoms with Gasteiger partial charge in [0.25, 0.3) is 0 Å². The first-order valence-electron chi connectivity index (χ1n) is 11.3. The number of anilines is 1. The van der Waals surface area contributed by atoms with Gasteiger partial charge in [0.1, 0.15) is 17.9 Å². The van der Waals surface area contributed by atoms with Gasteiger partial charge in [-0.2, -0.15) is 0 Å². The molecule has 156 valence electrons. The molecule has 0 radical (unpaired) electrons. The van der Waals surface area contributed by atoms with Crippen molar-refractivity contribution in [2.24, 2.45) is 5.92 Å². The van der Waals surface area contributed by atoms with E-state index in [0.717, 1.165) is 47.0 Å². The zero-order valence-electron chi connectivity index (χ0n) is 17.4. The molecule has 1 unspecified atom stereocenters. The molecule has 0 spiro atoms. The van der Waals surface area contributed by atoms with E-state index in [1.165, 1.54) is 37.7 Å². The second kappa shape index (κ2) is 8.84. The summed E-state index contributed by atoms with van der Waals surface area (Å²) in [6.07, 6.45) is 10.7. The van der Waals surface area contributed by atoms with Crippen LogP contribution in [0.3, 0.4) is 0 Å². The minimum Gasteiger partial charge on any atom is -0.355 e. The highest BCUT2D eigenvalue weighted by Gasteiger charge is 2.27. The van der Waals surface area contributed by atoms with Crippen molar-refractivity contribution in [3.8, 4) is 0 Å². The Bertz CT molecular complexity index is 1010. The summed E-state index contributed by atoms with van der Waals surface area (Å²) in [6, 6.07) is 10.9. The topological polar surface area (TPSA) is 46.1 Å². The number of carbonyl (C=O) groups is 1. The molecule has 4 nitrogen and oxygen atoms in total. The lowest BCUT2D eigenvalue weighted by Gasteiger charge is -2.22. The summed E-state index contributed by atoms with van der Waals surface area (Å²) < 4.78 is 1.16. The number of thiophene rings is 1. The lowest BCUT2D eigenvalue weighted by Crippen LogP contribution is -2.22. The van der Waals surface area contributed by atoms with E-state index >= 15 is 0 Å². The van der Waals surface area contributed by atoms with Gasteiger partial charge in [0, 0.05) is 25.9 Å². The van der Waals surface area contributed by atoms with Crippen molar-refractivity contribution in [2.75, 3.05) is 18.0 Å². The smallest absolute Gasteiger partial charge is 0.150 e. The molecule has 1 saturated heterocycles. The molecule has 2 aliphatic rings. The van der Waals surface area contributed by atoms with E-state index in [0.29, 0.717) is 24.5 Å². The number of aromatic nitrogens is 2. The highest BCUT2D eigenvalue weighted by molar-refractivity contribution is 7.17. The second-order valence-electron chi connectivity index (χ2n) is 8.93. The van der Waals surface area contributed by atoms with Crippen LogP contribution >= 0.6 is 11.3 Å². The molecule has 5 rings (SSSR count). The van der Waals surface area contributed by atoms with Gasteiger partial charge in [-0.05, 0) is 53.7 Å². The van der Waals surface area contributed by atoms with E-state index in [2.05, 4.69) is 44.5 Å². The lowest BCUT2D eigenvalue weighted by atomic mass is 9.84. The molecule has 30 heavy (non-hydrogen) atoms. The third-order valence-corrected chi connectivity index (χ3v) is 7.68. The number of fused-ring (bicyclic) bond motifs is 1. The predicted molar refractivity (Wildman–Crippen MR) is 123 cm³/mol. The maximum absolute atomic E-state index is 12.7. The zero-order valence-corrected chi connectivity index (χ0v) is 18.2. The van der Waals surface area contributed by atoms with Crippen LogP contribution in [0.25, 0.3) is 10.2 Å². The Morgan fingerprint density at radius 2 is 1.87 bits per heavy atom. The lowest BCUT2D eigenvalue weighted by molar-refractivity contribution is -0.119. The largest absolute Gasteiger partial charge is 0.355 e. The number of rotatable bonds is 6. The number of benzene rings is 1. The van der Waals surface area contributed by atoms with Crippen LogP contribution in [0.15, 0.2) is 42.0 Å². The molecule has 0 amide bonds. The van der Waals surface area contributed by atoms with E-state index in [4.69, 9.17) is 0 Å². The molecule has 1 aliphatic heterocycles. The first-order valence-corrected chi connectivity index (χ1v) is 12.2. The van der Waals surface area contributed by atoms with Crippen LogP contribution in [0.2, 0.25) is 0 Å². The molecule has 3 heterocycles. The minimum absolute atomic E-state index is 0.358. The summed E-state index contributed by atoms with van der Waals surface area (Å²) in [5.74, 6) is 2.54. The molecule has 5 heteroatoms.